The molecule has 6 heteroatoms. The molecule has 128 valence electrons. The highest BCUT2D eigenvalue weighted by atomic mass is 35.5. The monoisotopic (exact) mass is 339 g/mol. The third kappa shape index (κ3) is 4.22. The highest BCUT2D eigenvalue weighted by Crippen LogP contribution is 2.39. The second-order valence-corrected chi connectivity index (χ2v) is 7.30. The number of anilines is 2. The highest BCUT2D eigenvalue weighted by Gasteiger charge is 2.28. The molecular weight excluding hydrogens is 314 g/mol. The van der Waals surface area contributed by atoms with Gasteiger partial charge in [-0.1, -0.05) is 17.7 Å². The zero-order chi connectivity index (χ0) is 17.2. The van der Waals surface area contributed by atoms with Gasteiger partial charge in [-0.2, -0.15) is 0 Å². The third-order valence-electron chi connectivity index (χ3n) is 4.04. The number of hydrogen-bond donors (Lipinski definition) is 2. The van der Waals surface area contributed by atoms with Gasteiger partial charge in [-0.3, -0.25) is 0 Å². The molecule has 2 rings (SSSR count). The van der Waals surface area contributed by atoms with Gasteiger partial charge in [0.15, 0.2) is 0 Å². The number of nitrogens with two attached hydrogens (primary N) is 1. The van der Waals surface area contributed by atoms with Crippen molar-refractivity contribution in [2.24, 2.45) is 0 Å². The van der Waals surface area contributed by atoms with Crippen molar-refractivity contribution in [2.45, 2.75) is 45.1 Å². The van der Waals surface area contributed by atoms with Crippen LogP contribution in [0.4, 0.5) is 16.2 Å². The predicted octanol–water partition coefficient (Wildman–Crippen LogP) is 4.08. The minimum atomic E-state index is -0.462. The van der Waals surface area contributed by atoms with Gasteiger partial charge in [0.1, 0.15) is 5.60 Å². The topological polar surface area (TPSA) is 67.6 Å². The normalized spacial score (nSPS) is 16.3. The van der Waals surface area contributed by atoms with Gasteiger partial charge in [0, 0.05) is 20.1 Å². The van der Waals surface area contributed by atoms with E-state index in [2.05, 4.69) is 5.32 Å². The van der Waals surface area contributed by atoms with Crippen molar-refractivity contribution in [3.05, 3.63) is 22.7 Å². The van der Waals surface area contributed by atoms with Gasteiger partial charge in [-0.25, -0.2) is 4.79 Å². The maximum atomic E-state index is 12.1. The molecule has 0 saturated carbocycles. The number of hydrogen-bond acceptors (Lipinski definition) is 4. The zero-order valence-electron chi connectivity index (χ0n) is 14.3. The number of likely N-dealkylation sites (tertiary alicyclic amines) is 1. The van der Waals surface area contributed by atoms with Crippen LogP contribution in [0.2, 0.25) is 5.02 Å². The van der Waals surface area contributed by atoms with Gasteiger partial charge in [0.25, 0.3) is 0 Å². The summed E-state index contributed by atoms with van der Waals surface area (Å²) >= 11 is 6.49. The highest BCUT2D eigenvalue weighted by molar-refractivity contribution is 6.34. The molecule has 1 saturated heterocycles. The summed E-state index contributed by atoms with van der Waals surface area (Å²) in [4.78, 5) is 13.9. The molecule has 0 atom stereocenters. The largest absolute Gasteiger partial charge is 0.444 e. The zero-order valence-corrected chi connectivity index (χ0v) is 15.0. The van der Waals surface area contributed by atoms with E-state index < -0.39 is 5.60 Å². The minimum Gasteiger partial charge on any atom is -0.444 e. The molecule has 0 radical (unpaired) electrons. The third-order valence-corrected chi connectivity index (χ3v) is 4.45. The van der Waals surface area contributed by atoms with E-state index in [1.165, 1.54) is 0 Å². The lowest BCUT2D eigenvalue weighted by Crippen LogP contribution is -2.41. The number of halogens is 1. The summed E-state index contributed by atoms with van der Waals surface area (Å²) in [5.74, 6) is 0.328. The van der Waals surface area contributed by atoms with Crippen LogP contribution >= 0.6 is 11.6 Å². The average molecular weight is 340 g/mol. The van der Waals surface area contributed by atoms with Gasteiger partial charge >= 0.3 is 6.09 Å². The molecule has 23 heavy (non-hydrogen) atoms. The number of benzene rings is 1. The molecule has 1 aromatic carbocycles. The lowest BCUT2D eigenvalue weighted by Gasteiger charge is -2.34. The summed E-state index contributed by atoms with van der Waals surface area (Å²) in [5, 5.41) is 3.74. The maximum Gasteiger partial charge on any atom is 0.410 e. The van der Waals surface area contributed by atoms with Crippen molar-refractivity contribution in [1.82, 2.24) is 4.90 Å². The molecule has 1 heterocycles. The number of amides is 1. The van der Waals surface area contributed by atoms with Gasteiger partial charge in [0.2, 0.25) is 0 Å². The fourth-order valence-electron chi connectivity index (χ4n) is 2.88. The SMILES string of the molecule is CNc1c(N)ccc(C2CCN(C(=O)OC(C)(C)C)CC2)c1Cl. The quantitative estimate of drug-likeness (QED) is 0.797. The van der Waals surface area contributed by atoms with E-state index in [1.54, 1.807) is 4.90 Å². The molecule has 1 aromatic rings. The van der Waals surface area contributed by atoms with Crippen LogP contribution in [-0.2, 0) is 4.74 Å². The Morgan fingerprint density at radius 1 is 1.35 bits per heavy atom. The Labute approximate surface area is 143 Å². The van der Waals surface area contributed by atoms with E-state index in [0.717, 1.165) is 24.1 Å². The Morgan fingerprint density at radius 2 is 1.96 bits per heavy atom. The van der Waals surface area contributed by atoms with Gasteiger partial charge in [-0.15, -0.1) is 0 Å². The van der Waals surface area contributed by atoms with Crippen LogP contribution < -0.4 is 11.1 Å². The molecule has 1 fully saturated rings. The Hall–Kier alpha value is -1.62. The molecule has 0 aromatic heterocycles. The Balaban J connectivity index is 2.04. The number of carbonyl (C=O) groups excluding carboxylic acids is 1. The van der Waals surface area contributed by atoms with E-state index in [-0.39, 0.29) is 6.09 Å². The number of nitrogen functional groups attached to an aromatic ring is 1. The molecule has 5 nitrogen and oxygen atoms in total. The summed E-state index contributed by atoms with van der Waals surface area (Å²) < 4.78 is 5.43. The summed E-state index contributed by atoms with van der Waals surface area (Å²) in [6.07, 6.45) is 1.49. The molecule has 0 unspecified atom stereocenters. The lowest BCUT2D eigenvalue weighted by atomic mass is 9.89. The molecule has 0 spiro atoms. The van der Waals surface area contributed by atoms with Crippen LogP contribution in [0.1, 0.15) is 45.1 Å². The van der Waals surface area contributed by atoms with Gasteiger partial charge in [0.05, 0.1) is 16.4 Å². The summed E-state index contributed by atoms with van der Waals surface area (Å²) in [5.41, 5.74) is 7.99. The molecular formula is C17H26ClN3O2. The maximum absolute atomic E-state index is 12.1. The second kappa shape index (κ2) is 6.87. The summed E-state index contributed by atoms with van der Waals surface area (Å²) in [7, 11) is 1.81. The standard InChI is InChI=1S/C17H26ClN3O2/c1-17(2,3)23-16(22)21-9-7-11(8-10-21)12-5-6-13(19)15(20-4)14(12)18/h5-6,11,20H,7-10,19H2,1-4H3. The Bertz CT molecular complexity index is 576. The van der Waals surface area contributed by atoms with Crippen molar-refractivity contribution in [1.29, 1.82) is 0 Å². The van der Waals surface area contributed by atoms with Gasteiger partial charge in [-0.05, 0) is 51.2 Å². The average Bonchev–Trinajstić information content (AvgIpc) is 2.46. The number of piperidine rings is 1. The van der Waals surface area contributed by atoms with E-state index in [4.69, 9.17) is 22.1 Å². The second-order valence-electron chi connectivity index (χ2n) is 6.92. The fraction of sp³-hybridized carbons (Fsp3) is 0.588. The molecule has 1 aliphatic rings. The first-order valence-corrected chi connectivity index (χ1v) is 8.34. The fourth-order valence-corrected chi connectivity index (χ4v) is 3.30. The first-order chi connectivity index (χ1) is 10.7. The molecule has 3 N–H and O–H groups in total. The molecule has 0 aliphatic carbocycles. The van der Waals surface area contributed by atoms with Crippen molar-refractivity contribution >= 4 is 29.1 Å². The smallest absolute Gasteiger partial charge is 0.410 e. The van der Waals surface area contributed by atoms with E-state index >= 15 is 0 Å². The minimum absolute atomic E-state index is 0.240. The summed E-state index contributed by atoms with van der Waals surface area (Å²) in [6.45, 7) is 6.99. The molecule has 0 bridgehead atoms. The first-order valence-electron chi connectivity index (χ1n) is 7.96. The Morgan fingerprint density at radius 3 is 2.48 bits per heavy atom. The van der Waals surface area contributed by atoms with Crippen LogP contribution in [0.3, 0.4) is 0 Å². The van der Waals surface area contributed by atoms with Crippen LogP contribution in [-0.4, -0.2) is 36.7 Å². The van der Waals surface area contributed by atoms with Crippen LogP contribution in [0.5, 0.6) is 0 Å². The molecule has 1 amide bonds. The van der Waals surface area contributed by atoms with Crippen LogP contribution in [0.25, 0.3) is 0 Å². The van der Waals surface area contributed by atoms with Crippen LogP contribution in [0.15, 0.2) is 12.1 Å². The Kier molecular flexibility index (Phi) is 5.30. The lowest BCUT2D eigenvalue weighted by molar-refractivity contribution is 0.0205. The number of carbonyl (C=O) groups is 1. The van der Waals surface area contributed by atoms with Crippen molar-refractivity contribution in [2.75, 3.05) is 31.2 Å². The number of rotatable bonds is 2. The number of nitrogens with zero attached hydrogens (tertiary/aromatic N) is 1. The number of ether oxygens (including phenoxy) is 1. The van der Waals surface area contributed by atoms with E-state index in [9.17, 15) is 4.79 Å². The van der Waals surface area contributed by atoms with Gasteiger partial charge < -0.3 is 20.7 Å². The van der Waals surface area contributed by atoms with Crippen molar-refractivity contribution in [3.63, 3.8) is 0 Å². The van der Waals surface area contributed by atoms with E-state index in [1.807, 2.05) is 40.0 Å². The van der Waals surface area contributed by atoms with Crippen molar-refractivity contribution in [3.8, 4) is 0 Å². The number of nitrogens with one attached hydrogen (secondary N) is 1. The van der Waals surface area contributed by atoms with E-state index in [0.29, 0.717) is 29.7 Å². The first kappa shape index (κ1) is 17.7. The van der Waals surface area contributed by atoms with Crippen LogP contribution in [0, 0.1) is 0 Å². The summed E-state index contributed by atoms with van der Waals surface area (Å²) in [6, 6.07) is 3.87. The predicted molar refractivity (Wildman–Crippen MR) is 95.2 cm³/mol. The van der Waals surface area contributed by atoms with Crippen molar-refractivity contribution < 1.29 is 9.53 Å². The molecule has 1 aliphatic heterocycles.